The molecule has 2 amide bonds. The lowest BCUT2D eigenvalue weighted by molar-refractivity contribution is -0.120. The van der Waals surface area contributed by atoms with Gasteiger partial charge < -0.3 is 15.0 Å². The zero-order chi connectivity index (χ0) is 17.7. The number of nitrogens with zero attached hydrogens (tertiary/aromatic N) is 1. The Hall–Kier alpha value is -2.82. The topological polar surface area (TPSA) is 58.6 Å². The number of hydrogen-bond acceptors (Lipinski definition) is 3. The summed E-state index contributed by atoms with van der Waals surface area (Å²) in [6.07, 6.45) is 0. The second-order valence-corrected chi connectivity index (χ2v) is 5.67. The average molecular weight is 326 g/mol. The lowest BCUT2D eigenvalue weighted by Crippen LogP contribution is -2.36. The lowest BCUT2D eigenvalue weighted by atomic mass is 10.1. The van der Waals surface area contributed by atoms with E-state index in [1.165, 1.54) is 11.8 Å². The summed E-state index contributed by atoms with van der Waals surface area (Å²) < 4.78 is 5.17. The van der Waals surface area contributed by atoms with Crippen LogP contribution in [0.2, 0.25) is 0 Å². The SMILES string of the molecule is COc1cccc(N(CC(=O)Nc2ccc(C)cc2C)C(C)=O)c1. The summed E-state index contributed by atoms with van der Waals surface area (Å²) in [7, 11) is 1.56. The van der Waals surface area contributed by atoms with Gasteiger partial charge in [0.15, 0.2) is 0 Å². The van der Waals surface area contributed by atoms with E-state index in [-0.39, 0.29) is 18.4 Å². The van der Waals surface area contributed by atoms with Crippen molar-refractivity contribution >= 4 is 23.2 Å². The molecule has 2 aromatic carbocycles. The standard InChI is InChI=1S/C19H22N2O3/c1-13-8-9-18(14(2)10-13)20-19(23)12-21(15(3)22)16-6-5-7-17(11-16)24-4/h5-11H,12H2,1-4H3,(H,20,23). The normalized spacial score (nSPS) is 10.2. The predicted octanol–water partition coefficient (Wildman–Crippen LogP) is 3.30. The summed E-state index contributed by atoms with van der Waals surface area (Å²) in [6, 6.07) is 12.9. The number of ether oxygens (including phenoxy) is 1. The molecule has 0 aliphatic rings. The number of anilines is 2. The van der Waals surface area contributed by atoms with Crippen LogP contribution in [0.25, 0.3) is 0 Å². The molecule has 1 N–H and O–H groups in total. The summed E-state index contributed by atoms with van der Waals surface area (Å²) >= 11 is 0. The maximum Gasteiger partial charge on any atom is 0.244 e. The fourth-order valence-electron chi connectivity index (χ4n) is 2.45. The van der Waals surface area contributed by atoms with Gasteiger partial charge in [0.05, 0.1) is 7.11 Å². The van der Waals surface area contributed by atoms with Gasteiger partial charge in [-0.3, -0.25) is 9.59 Å². The summed E-state index contributed by atoms with van der Waals surface area (Å²) in [5, 5.41) is 2.86. The van der Waals surface area contributed by atoms with Crippen molar-refractivity contribution in [3.8, 4) is 5.75 Å². The van der Waals surface area contributed by atoms with Gasteiger partial charge in [-0.2, -0.15) is 0 Å². The first kappa shape index (κ1) is 17.5. The number of rotatable bonds is 5. The fourth-order valence-corrected chi connectivity index (χ4v) is 2.45. The van der Waals surface area contributed by atoms with Crippen LogP contribution < -0.4 is 15.0 Å². The third-order valence-electron chi connectivity index (χ3n) is 3.70. The van der Waals surface area contributed by atoms with E-state index >= 15 is 0 Å². The molecule has 0 saturated carbocycles. The van der Waals surface area contributed by atoms with Crippen LogP contribution in [0.5, 0.6) is 5.75 Å². The zero-order valence-electron chi connectivity index (χ0n) is 14.4. The molecular weight excluding hydrogens is 304 g/mol. The molecule has 126 valence electrons. The highest BCUT2D eigenvalue weighted by Gasteiger charge is 2.17. The molecule has 0 aliphatic heterocycles. The van der Waals surface area contributed by atoms with Gasteiger partial charge in [0.1, 0.15) is 12.3 Å². The second-order valence-electron chi connectivity index (χ2n) is 5.67. The highest BCUT2D eigenvalue weighted by molar-refractivity contribution is 6.02. The molecule has 0 bridgehead atoms. The van der Waals surface area contributed by atoms with Gasteiger partial charge in [0.25, 0.3) is 0 Å². The van der Waals surface area contributed by atoms with Crippen LogP contribution in [0.15, 0.2) is 42.5 Å². The van der Waals surface area contributed by atoms with Crippen LogP contribution >= 0.6 is 0 Å². The number of aryl methyl sites for hydroxylation is 2. The van der Waals surface area contributed by atoms with Gasteiger partial charge >= 0.3 is 0 Å². The summed E-state index contributed by atoms with van der Waals surface area (Å²) in [4.78, 5) is 25.7. The third kappa shape index (κ3) is 4.35. The van der Waals surface area contributed by atoms with Gasteiger partial charge in [0.2, 0.25) is 11.8 Å². The minimum absolute atomic E-state index is 0.0597. The van der Waals surface area contributed by atoms with Crippen molar-refractivity contribution < 1.29 is 14.3 Å². The van der Waals surface area contributed by atoms with Gasteiger partial charge in [-0.25, -0.2) is 0 Å². The van der Waals surface area contributed by atoms with Crippen LogP contribution in [-0.2, 0) is 9.59 Å². The minimum Gasteiger partial charge on any atom is -0.497 e. The molecule has 0 aromatic heterocycles. The van der Waals surface area contributed by atoms with Crippen LogP contribution in [0, 0.1) is 13.8 Å². The largest absolute Gasteiger partial charge is 0.497 e. The number of amides is 2. The second kappa shape index (κ2) is 7.64. The van der Waals surface area contributed by atoms with E-state index in [1.54, 1.807) is 31.4 Å². The molecule has 2 rings (SSSR count). The molecule has 0 unspecified atom stereocenters. The van der Waals surface area contributed by atoms with Gasteiger partial charge in [0, 0.05) is 24.4 Å². The van der Waals surface area contributed by atoms with Crippen molar-refractivity contribution in [1.82, 2.24) is 0 Å². The van der Waals surface area contributed by atoms with Crippen molar-refractivity contribution in [2.24, 2.45) is 0 Å². The Balaban J connectivity index is 2.15. The molecule has 24 heavy (non-hydrogen) atoms. The van der Waals surface area contributed by atoms with E-state index in [1.807, 2.05) is 32.0 Å². The van der Waals surface area contributed by atoms with Crippen LogP contribution in [-0.4, -0.2) is 25.5 Å². The highest BCUT2D eigenvalue weighted by Crippen LogP contribution is 2.21. The molecule has 0 atom stereocenters. The maximum absolute atomic E-state index is 12.4. The summed E-state index contributed by atoms with van der Waals surface area (Å²) in [5.41, 5.74) is 3.49. The van der Waals surface area contributed by atoms with Gasteiger partial charge in [-0.15, -0.1) is 0 Å². The number of carbonyl (C=O) groups excluding carboxylic acids is 2. The van der Waals surface area contributed by atoms with E-state index in [9.17, 15) is 9.59 Å². The molecule has 0 fully saturated rings. The molecule has 0 heterocycles. The van der Waals surface area contributed by atoms with Crippen LogP contribution in [0.1, 0.15) is 18.1 Å². The Labute approximate surface area is 142 Å². The Bertz CT molecular complexity index is 756. The number of methoxy groups -OCH3 is 1. The van der Waals surface area contributed by atoms with E-state index in [0.717, 1.165) is 16.8 Å². The van der Waals surface area contributed by atoms with Crippen molar-refractivity contribution in [2.45, 2.75) is 20.8 Å². The Morgan fingerprint density at radius 3 is 2.50 bits per heavy atom. The lowest BCUT2D eigenvalue weighted by Gasteiger charge is -2.21. The molecular formula is C19H22N2O3. The Morgan fingerprint density at radius 2 is 1.88 bits per heavy atom. The van der Waals surface area contributed by atoms with Crippen molar-refractivity contribution in [3.05, 3.63) is 53.6 Å². The van der Waals surface area contributed by atoms with E-state index < -0.39 is 0 Å². The van der Waals surface area contributed by atoms with E-state index in [2.05, 4.69) is 5.32 Å². The van der Waals surface area contributed by atoms with E-state index in [4.69, 9.17) is 4.74 Å². The van der Waals surface area contributed by atoms with Crippen LogP contribution in [0.3, 0.4) is 0 Å². The molecule has 0 radical (unpaired) electrons. The number of carbonyl (C=O) groups is 2. The molecule has 0 aliphatic carbocycles. The smallest absolute Gasteiger partial charge is 0.244 e. The molecule has 0 spiro atoms. The molecule has 0 saturated heterocycles. The molecule has 5 nitrogen and oxygen atoms in total. The first-order valence-electron chi connectivity index (χ1n) is 7.70. The fraction of sp³-hybridized carbons (Fsp3) is 0.263. The molecule has 2 aromatic rings. The number of nitrogens with one attached hydrogen (secondary N) is 1. The zero-order valence-corrected chi connectivity index (χ0v) is 14.4. The maximum atomic E-state index is 12.4. The summed E-state index contributed by atoms with van der Waals surface area (Å²) in [5.74, 6) is 0.174. The Kier molecular flexibility index (Phi) is 5.58. The minimum atomic E-state index is -0.250. The monoisotopic (exact) mass is 326 g/mol. The Morgan fingerprint density at radius 1 is 1.12 bits per heavy atom. The van der Waals surface area contributed by atoms with Crippen LogP contribution in [0.4, 0.5) is 11.4 Å². The third-order valence-corrected chi connectivity index (χ3v) is 3.70. The highest BCUT2D eigenvalue weighted by atomic mass is 16.5. The van der Waals surface area contributed by atoms with E-state index in [0.29, 0.717) is 11.4 Å². The predicted molar refractivity (Wildman–Crippen MR) is 95.6 cm³/mol. The number of benzene rings is 2. The van der Waals surface area contributed by atoms with Crippen molar-refractivity contribution in [3.63, 3.8) is 0 Å². The quantitative estimate of drug-likeness (QED) is 0.917. The average Bonchev–Trinajstić information content (AvgIpc) is 2.55. The first-order chi connectivity index (χ1) is 11.4. The summed E-state index contributed by atoms with van der Waals surface area (Å²) in [6.45, 7) is 5.31. The van der Waals surface area contributed by atoms with Gasteiger partial charge in [-0.05, 0) is 37.6 Å². The van der Waals surface area contributed by atoms with Crippen molar-refractivity contribution in [2.75, 3.05) is 23.9 Å². The van der Waals surface area contributed by atoms with Gasteiger partial charge in [-0.1, -0.05) is 23.8 Å². The number of hydrogen-bond donors (Lipinski definition) is 1. The van der Waals surface area contributed by atoms with Crippen molar-refractivity contribution in [1.29, 1.82) is 0 Å². The molecule has 5 heteroatoms. The first-order valence-corrected chi connectivity index (χ1v) is 7.70.